The molecule has 0 unspecified atom stereocenters. The Kier molecular flexibility index (Phi) is 11.4. The molecule has 0 aromatic heterocycles. The summed E-state index contributed by atoms with van der Waals surface area (Å²) in [4.78, 5) is 10.9. The molecular formula is C27H36O3. The Labute approximate surface area is 181 Å². The van der Waals surface area contributed by atoms with Gasteiger partial charge in [0, 0.05) is 0 Å². The van der Waals surface area contributed by atoms with E-state index in [9.17, 15) is 4.79 Å². The molecule has 0 aliphatic carbocycles. The van der Waals surface area contributed by atoms with Gasteiger partial charge in [-0.25, -0.2) is 4.79 Å². The standard InChI is InChI=1S/C27H36O3/c1-2-3-4-5-6-7-8-9-10-11-22-30-26-20-16-24(17-21-26)13-12-23-14-18-25(19-15-23)27(28)29/h12-21H,2-11,22H2,1H3,(H,28,29). The highest BCUT2D eigenvalue weighted by Crippen LogP contribution is 2.16. The molecule has 30 heavy (non-hydrogen) atoms. The Balaban J connectivity index is 1.59. The van der Waals surface area contributed by atoms with E-state index in [1.807, 2.05) is 48.6 Å². The first-order valence-electron chi connectivity index (χ1n) is 11.4. The molecule has 0 aliphatic rings. The van der Waals surface area contributed by atoms with E-state index < -0.39 is 5.97 Å². The lowest BCUT2D eigenvalue weighted by Crippen LogP contribution is -1.97. The summed E-state index contributed by atoms with van der Waals surface area (Å²) in [5.41, 5.74) is 2.36. The number of aromatic carboxylic acids is 1. The van der Waals surface area contributed by atoms with E-state index in [1.165, 1.54) is 57.8 Å². The second-order valence-corrected chi connectivity index (χ2v) is 7.86. The molecule has 0 atom stereocenters. The SMILES string of the molecule is CCCCCCCCCCCCOc1ccc(C=Cc2ccc(C(=O)O)cc2)cc1. The van der Waals surface area contributed by atoms with E-state index in [1.54, 1.807) is 12.1 Å². The van der Waals surface area contributed by atoms with Crippen LogP contribution < -0.4 is 4.74 Å². The van der Waals surface area contributed by atoms with E-state index in [4.69, 9.17) is 9.84 Å². The molecule has 0 amide bonds. The molecule has 2 aromatic carbocycles. The number of benzene rings is 2. The number of hydrogen-bond donors (Lipinski definition) is 1. The lowest BCUT2D eigenvalue weighted by molar-refractivity contribution is 0.0697. The zero-order valence-electron chi connectivity index (χ0n) is 18.3. The number of ether oxygens (including phenoxy) is 1. The first-order valence-corrected chi connectivity index (χ1v) is 11.4. The quantitative estimate of drug-likeness (QED) is 0.241. The summed E-state index contributed by atoms with van der Waals surface area (Å²) in [5.74, 6) is 0.00723. The number of unbranched alkanes of at least 4 members (excludes halogenated alkanes) is 9. The molecule has 162 valence electrons. The van der Waals surface area contributed by atoms with Gasteiger partial charge in [0.2, 0.25) is 0 Å². The minimum atomic E-state index is -0.904. The van der Waals surface area contributed by atoms with Gasteiger partial charge in [0.25, 0.3) is 0 Å². The molecule has 3 nitrogen and oxygen atoms in total. The Hall–Kier alpha value is -2.55. The van der Waals surface area contributed by atoms with Gasteiger partial charge >= 0.3 is 5.97 Å². The van der Waals surface area contributed by atoms with Crippen molar-refractivity contribution >= 4 is 18.1 Å². The maximum absolute atomic E-state index is 10.9. The van der Waals surface area contributed by atoms with Gasteiger partial charge in [0.05, 0.1) is 12.2 Å². The van der Waals surface area contributed by atoms with Gasteiger partial charge in [0.1, 0.15) is 5.75 Å². The van der Waals surface area contributed by atoms with Crippen molar-refractivity contribution < 1.29 is 14.6 Å². The molecule has 0 aliphatic heterocycles. The maximum Gasteiger partial charge on any atom is 0.335 e. The average Bonchev–Trinajstić information content (AvgIpc) is 2.77. The lowest BCUT2D eigenvalue weighted by Gasteiger charge is -2.06. The first-order chi connectivity index (χ1) is 14.7. The topological polar surface area (TPSA) is 46.5 Å². The van der Waals surface area contributed by atoms with Gasteiger partial charge in [-0.05, 0) is 41.8 Å². The predicted octanol–water partition coefficient (Wildman–Crippen LogP) is 7.85. The van der Waals surface area contributed by atoms with Crippen LogP contribution in [0.3, 0.4) is 0 Å². The summed E-state index contributed by atoms with van der Waals surface area (Å²) in [6.45, 7) is 3.04. The van der Waals surface area contributed by atoms with Crippen LogP contribution in [0.2, 0.25) is 0 Å². The summed E-state index contributed by atoms with van der Waals surface area (Å²) in [6.07, 6.45) is 17.3. The third kappa shape index (κ3) is 9.78. The molecule has 0 saturated heterocycles. The molecule has 0 heterocycles. The van der Waals surface area contributed by atoms with Crippen molar-refractivity contribution in [3.63, 3.8) is 0 Å². The molecule has 0 radical (unpaired) electrons. The zero-order chi connectivity index (χ0) is 21.4. The van der Waals surface area contributed by atoms with Crippen molar-refractivity contribution in [3.8, 4) is 5.75 Å². The normalized spacial score (nSPS) is 11.1. The van der Waals surface area contributed by atoms with Gasteiger partial charge in [-0.3, -0.25) is 0 Å². The van der Waals surface area contributed by atoms with Crippen LogP contribution in [-0.2, 0) is 0 Å². The molecule has 0 fully saturated rings. The van der Waals surface area contributed by atoms with Crippen LogP contribution in [-0.4, -0.2) is 17.7 Å². The molecule has 1 N–H and O–H groups in total. The number of carboxylic acids is 1. The third-order valence-electron chi connectivity index (χ3n) is 5.27. The van der Waals surface area contributed by atoms with E-state index in [-0.39, 0.29) is 0 Å². The van der Waals surface area contributed by atoms with Gasteiger partial charge in [-0.1, -0.05) is 101 Å². The largest absolute Gasteiger partial charge is 0.494 e. The monoisotopic (exact) mass is 408 g/mol. The second kappa shape index (κ2) is 14.4. The van der Waals surface area contributed by atoms with Crippen LogP contribution in [0.1, 0.15) is 92.6 Å². The summed E-state index contributed by atoms with van der Waals surface area (Å²) < 4.78 is 5.85. The van der Waals surface area contributed by atoms with Gasteiger partial charge in [0.15, 0.2) is 0 Å². The molecule has 0 spiro atoms. The highest BCUT2D eigenvalue weighted by molar-refractivity contribution is 5.88. The van der Waals surface area contributed by atoms with E-state index in [0.29, 0.717) is 5.56 Å². The minimum Gasteiger partial charge on any atom is -0.494 e. The smallest absolute Gasteiger partial charge is 0.335 e. The molecule has 2 aromatic rings. The van der Waals surface area contributed by atoms with E-state index in [2.05, 4.69) is 6.92 Å². The highest BCUT2D eigenvalue weighted by atomic mass is 16.5. The van der Waals surface area contributed by atoms with E-state index >= 15 is 0 Å². The summed E-state index contributed by atoms with van der Waals surface area (Å²) in [7, 11) is 0. The van der Waals surface area contributed by atoms with Crippen LogP contribution in [0, 0.1) is 0 Å². The lowest BCUT2D eigenvalue weighted by atomic mass is 10.1. The summed E-state index contributed by atoms with van der Waals surface area (Å²) in [5, 5.41) is 8.94. The fraction of sp³-hybridized carbons (Fsp3) is 0.444. The van der Waals surface area contributed by atoms with Crippen LogP contribution in [0.5, 0.6) is 5.75 Å². The Morgan fingerprint density at radius 3 is 1.70 bits per heavy atom. The maximum atomic E-state index is 10.9. The Morgan fingerprint density at radius 2 is 1.20 bits per heavy atom. The Morgan fingerprint density at radius 1 is 0.733 bits per heavy atom. The first kappa shape index (κ1) is 23.7. The van der Waals surface area contributed by atoms with Crippen molar-refractivity contribution in [2.24, 2.45) is 0 Å². The van der Waals surface area contributed by atoms with Crippen LogP contribution in [0.25, 0.3) is 12.2 Å². The van der Waals surface area contributed by atoms with Crippen LogP contribution in [0.15, 0.2) is 48.5 Å². The minimum absolute atomic E-state index is 0.302. The molecule has 2 rings (SSSR count). The van der Waals surface area contributed by atoms with Crippen molar-refractivity contribution in [1.29, 1.82) is 0 Å². The second-order valence-electron chi connectivity index (χ2n) is 7.86. The molecule has 3 heteroatoms. The summed E-state index contributed by atoms with van der Waals surface area (Å²) >= 11 is 0. The molecular weight excluding hydrogens is 372 g/mol. The van der Waals surface area contributed by atoms with Crippen molar-refractivity contribution in [3.05, 3.63) is 65.2 Å². The van der Waals surface area contributed by atoms with Gasteiger partial charge < -0.3 is 9.84 Å². The number of rotatable bonds is 15. The van der Waals surface area contributed by atoms with Crippen LogP contribution >= 0.6 is 0 Å². The fourth-order valence-electron chi connectivity index (χ4n) is 3.38. The van der Waals surface area contributed by atoms with E-state index in [0.717, 1.165) is 29.9 Å². The average molecular weight is 409 g/mol. The number of hydrogen-bond acceptors (Lipinski definition) is 2. The van der Waals surface area contributed by atoms with Gasteiger partial charge in [-0.15, -0.1) is 0 Å². The fourth-order valence-corrected chi connectivity index (χ4v) is 3.38. The number of carboxylic acid groups (broad SMARTS) is 1. The Bertz CT molecular complexity index is 745. The van der Waals surface area contributed by atoms with Crippen molar-refractivity contribution in [2.75, 3.05) is 6.61 Å². The molecule has 0 bridgehead atoms. The number of carbonyl (C=O) groups is 1. The predicted molar refractivity (Wildman–Crippen MR) is 126 cm³/mol. The highest BCUT2D eigenvalue weighted by Gasteiger charge is 2.00. The van der Waals surface area contributed by atoms with Crippen molar-refractivity contribution in [1.82, 2.24) is 0 Å². The van der Waals surface area contributed by atoms with Crippen molar-refractivity contribution in [2.45, 2.75) is 71.1 Å². The van der Waals surface area contributed by atoms with Gasteiger partial charge in [-0.2, -0.15) is 0 Å². The third-order valence-corrected chi connectivity index (χ3v) is 5.27. The summed E-state index contributed by atoms with van der Waals surface area (Å²) in [6, 6.07) is 14.9. The van der Waals surface area contributed by atoms with Crippen LogP contribution in [0.4, 0.5) is 0 Å². The zero-order valence-corrected chi connectivity index (χ0v) is 18.3. The molecule has 0 saturated carbocycles.